The van der Waals surface area contributed by atoms with E-state index in [2.05, 4.69) is 87.5 Å². The summed E-state index contributed by atoms with van der Waals surface area (Å²) < 4.78 is 0. The number of aryl methyl sites for hydroxylation is 1. The maximum atomic E-state index is 4.29. The fraction of sp³-hybridized carbons (Fsp3) is 0.379. The number of aromatic nitrogens is 1. The second-order valence-electron chi connectivity index (χ2n) is 6.97. The fourth-order valence-corrected chi connectivity index (χ4v) is 3.06. The normalized spacial score (nSPS) is 10.9. The monoisotopic (exact) mass is 405 g/mol. The number of hydrogen-bond acceptors (Lipinski definition) is 0. The fourth-order valence-electron chi connectivity index (χ4n) is 3.06. The first kappa shape index (κ1) is 27.5. The third-order valence-electron chi connectivity index (χ3n) is 4.59. The van der Waals surface area contributed by atoms with E-state index in [1.54, 1.807) is 0 Å². The number of nitrogens with one attached hydrogen (secondary N) is 1. The molecule has 0 atom stereocenters. The van der Waals surface area contributed by atoms with Crippen LogP contribution in [-0.2, 0) is 6.42 Å². The van der Waals surface area contributed by atoms with Crippen molar-refractivity contribution in [1.29, 1.82) is 0 Å². The highest BCUT2D eigenvalue weighted by molar-refractivity contribution is 5.86. The summed E-state index contributed by atoms with van der Waals surface area (Å²) in [5.74, 6) is 0.541. The quantitative estimate of drug-likeness (QED) is 0.421. The van der Waals surface area contributed by atoms with Crippen LogP contribution in [0.25, 0.3) is 17.2 Å². The molecule has 0 saturated heterocycles. The second-order valence-corrected chi connectivity index (χ2v) is 6.97. The first-order valence-electron chi connectivity index (χ1n) is 11.5. The van der Waals surface area contributed by atoms with Gasteiger partial charge >= 0.3 is 0 Å². The van der Waals surface area contributed by atoms with E-state index in [1.807, 2.05) is 40.7 Å². The van der Waals surface area contributed by atoms with E-state index in [0.717, 1.165) is 35.2 Å². The minimum atomic E-state index is 0.541. The van der Waals surface area contributed by atoms with Crippen molar-refractivity contribution in [2.75, 3.05) is 0 Å². The zero-order chi connectivity index (χ0) is 23.1. The van der Waals surface area contributed by atoms with Gasteiger partial charge in [0.25, 0.3) is 0 Å². The van der Waals surface area contributed by atoms with Gasteiger partial charge in [-0.2, -0.15) is 0 Å². The van der Waals surface area contributed by atoms with Crippen molar-refractivity contribution in [2.24, 2.45) is 0 Å². The molecular weight excluding hydrogens is 362 g/mol. The first-order valence-corrected chi connectivity index (χ1v) is 11.5. The van der Waals surface area contributed by atoms with Gasteiger partial charge in [0, 0.05) is 11.4 Å². The van der Waals surface area contributed by atoms with Gasteiger partial charge in [-0.3, -0.25) is 0 Å². The number of allylic oxidation sites excluding steroid dienone is 5. The van der Waals surface area contributed by atoms with Gasteiger partial charge in [-0.05, 0) is 59.2 Å². The van der Waals surface area contributed by atoms with Crippen LogP contribution in [0, 0.1) is 0 Å². The molecule has 164 valence electrons. The lowest BCUT2D eigenvalue weighted by atomic mass is 9.98. The highest BCUT2D eigenvalue weighted by Crippen LogP contribution is 2.26. The van der Waals surface area contributed by atoms with E-state index in [9.17, 15) is 0 Å². The Morgan fingerprint density at radius 3 is 2.13 bits per heavy atom. The lowest BCUT2D eigenvalue weighted by Gasteiger charge is -2.08. The number of aromatic amines is 1. The summed E-state index contributed by atoms with van der Waals surface area (Å²) in [5, 5.41) is 0. The average molecular weight is 406 g/mol. The molecule has 30 heavy (non-hydrogen) atoms. The average Bonchev–Trinajstić information content (AvgIpc) is 3.19. The van der Waals surface area contributed by atoms with Crippen molar-refractivity contribution in [2.45, 2.75) is 74.1 Å². The first-order chi connectivity index (χ1) is 14.5. The van der Waals surface area contributed by atoms with E-state index in [-0.39, 0.29) is 0 Å². The summed E-state index contributed by atoms with van der Waals surface area (Å²) in [4.78, 5) is 3.57. The third-order valence-corrected chi connectivity index (χ3v) is 4.59. The molecular formula is C29H43N. The summed E-state index contributed by atoms with van der Waals surface area (Å²) in [7, 11) is 0. The van der Waals surface area contributed by atoms with Crippen molar-refractivity contribution < 1.29 is 0 Å². The van der Waals surface area contributed by atoms with Gasteiger partial charge in [0.05, 0.1) is 0 Å². The predicted octanol–water partition coefficient (Wildman–Crippen LogP) is 9.46. The minimum Gasteiger partial charge on any atom is -0.358 e. The molecule has 1 heteroatoms. The van der Waals surface area contributed by atoms with Crippen LogP contribution in [0.3, 0.4) is 0 Å². The van der Waals surface area contributed by atoms with Gasteiger partial charge in [0.2, 0.25) is 0 Å². The molecule has 0 aliphatic carbocycles. The zero-order valence-corrected chi connectivity index (χ0v) is 20.6. The Kier molecular flexibility index (Phi) is 14.0. The highest BCUT2D eigenvalue weighted by atomic mass is 14.7. The molecule has 1 aromatic heterocycles. The van der Waals surface area contributed by atoms with Crippen LogP contribution in [0.1, 0.15) is 95.8 Å². The molecule has 1 N–H and O–H groups in total. The van der Waals surface area contributed by atoms with Crippen LogP contribution in [0.2, 0.25) is 0 Å². The summed E-state index contributed by atoms with van der Waals surface area (Å²) >= 11 is 0. The smallest absolute Gasteiger partial charge is 0.0462 e. The molecule has 1 heterocycles. The van der Waals surface area contributed by atoms with E-state index >= 15 is 0 Å². The van der Waals surface area contributed by atoms with Gasteiger partial charge in [-0.15, -0.1) is 0 Å². The summed E-state index contributed by atoms with van der Waals surface area (Å²) in [5.41, 5.74) is 8.20. The molecule has 2 rings (SSSR count). The number of benzene rings is 1. The van der Waals surface area contributed by atoms with Crippen molar-refractivity contribution in [3.8, 4) is 0 Å². The van der Waals surface area contributed by atoms with Crippen LogP contribution < -0.4 is 0 Å². The van der Waals surface area contributed by atoms with Crippen LogP contribution in [0.15, 0.2) is 61.7 Å². The van der Waals surface area contributed by atoms with Crippen molar-refractivity contribution in [1.82, 2.24) is 4.98 Å². The van der Waals surface area contributed by atoms with Crippen molar-refractivity contribution in [3.05, 3.63) is 89.8 Å². The SMILES string of the molecule is C=Cc1cc(C(/C=C\C)=C/C(=C)c2ccc(C(C)C)cc2)[nH]c1CCC.CC.CC. The maximum Gasteiger partial charge on any atom is 0.0462 e. The topological polar surface area (TPSA) is 15.8 Å². The number of hydrogen-bond donors (Lipinski definition) is 1. The van der Waals surface area contributed by atoms with Gasteiger partial charge in [-0.25, -0.2) is 0 Å². The van der Waals surface area contributed by atoms with Gasteiger partial charge in [-0.1, -0.05) is 111 Å². The van der Waals surface area contributed by atoms with E-state index in [4.69, 9.17) is 0 Å². The Morgan fingerprint density at radius 2 is 1.67 bits per heavy atom. The zero-order valence-electron chi connectivity index (χ0n) is 20.6. The molecule has 0 bridgehead atoms. The van der Waals surface area contributed by atoms with Crippen LogP contribution in [-0.4, -0.2) is 4.98 Å². The molecule has 0 aliphatic heterocycles. The van der Waals surface area contributed by atoms with E-state index in [1.165, 1.54) is 16.8 Å². The third kappa shape index (κ3) is 8.06. The Hall–Kier alpha value is -2.54. The molecule has 0 aliphatic rings. The van der Waals surface area contributed by atoms with Crippen LogP contribution in [0.4, 0.5) is 0 Å². The number of rotatable bonds is 8. The summed E-state index contributed by atoms with van der Waals surface area (Å²) in [6, 6.07) is 10.9. The Morgan fingerprint density at radius 1 is 1.07 bits per heavy atom. The largest absolute Gasteiger partial charge is 0.358 e. The van der Waals surface area contributed by atoms with Gasteiger partial charge in [0.15, 0.2) is 0 Å². The van der Waals surface area contributed by atoms with E-state index in [0.29, 0.717) is 5.92 Å². The summed E-state index contributed by atoms with van der Waals surface area (Å²) in [6.45, 7) is 24.9. The van der Waals surface area contributed by atoms with Crippen LogP contribution in [0.5, 0.6) is 0 Å². The Labute approximate surface area is 186 Å². The minimum absolute atomic E-state index is 0.541. The molecule has 0 saturated carbocycles. The molecule has 0 fully saturated rings. The van der Waals surface area contributed by atoms with Crippen molar-refractivity contribution in [3.63, 3.8) is 0 Å². The molecule has 0 spiro atoms. The molecule has 2 aromatic rings. The standard InChI is InChI=1S/C25H31N.2C2H6/c1-7-10-23(25-17-20(9-3)24(26-25)11-8-2)16-19(6)22-14-12-21(13-15-22)18(4)5;2*1-2/h7,9-10,12-18,26H,3,6,8,11H2,1-2,4-5H3;2*1-2H3/b10-7-,23-16+;;. The highest BCUT2D eigenvalue weighted by Gasteiger charge is 2.08. The van der Waals surface area contributed by atoms with Crippen molar-refractivity contribution >= 4 is 17.2 Å². The molecule has 1 nitrogen and oxygen atoms in total. The summed E-state index contributed by atoms with van der Waals surface area (Å²) in [6.07, 6.45) is 10.4. The number of H-pyrrole nitrogens is 1. The van der Waals surface area contributed by atoms with Gasteiger partial charge < -0.3 is 4.98 Å². The Balaban J connectivity index is 0.00000198. The lowest BCUT2D eigenvalue weighted by Crippen LogP contribution is -1.89. The molecule has 0 amide bonds. The van der Waals surface area contributed by atoms with Crippen LogP contribution >= 0.6 is 0 Å². The molecule has 0 unspecified atom stereocenters. The predicted molar refractivity (Wildman–Crippen MR) is 140 cm³/mol. The lowest BCUT2D eigenvalue weighted by molar-refractivity contribution is 0.866. The maximum absolute atomic E-state index is 4.29. The molecule has 0 radical (unpaired) electrons. The van der Waals surface area contributed by atoms with Gasteiger partial charge in [0.1, 0.15) is 0 Å². The second kappa shape index (κ2) is 15.3. The molecule has 1 aromatic carbocycles. The van der Waals surface area contributed by atoms with E-state index < -0.39 is 0 Å². The Bertz CT molecular complexity index is 811.